The van der Waals surface area contributed by atoms with Gasteiger partial charge in [-0.15, -0.1) is 11.3 Å². The highest BCUT2D eigenvalue weighted by molar-refractivity contribution is 7.17. The molecule has 1 N–H and O–H groups in total. The number of carbonyl (C=O) groups excluding carboxylic acids is 1. The van der Waals surface area contributed by atoms with E-state index in [1.165, 1.54) is 27.8 Å². The number of para-hydroxylation sites is 1. The Morgan fingerprint density at radius 3 is 2.58 bits per heavy atom. The lowest BCUT2D eigenvalue weighted by atomic mass is 9.99. The molecule has 33 heavy (non-hydrogen) atoms. The topological polar surface area (TPSA) is 64.0 Å². The van der Waals surface area contributed by atoms with Crippen LogP contribution >= 0.6 is 11.3 Å². The standard InChI is InChI=1S/C27H29N3O2S/c1-6-23(25(31)29-22-10-8-7-9-19(22)16(2)3)30-15-28-26-24(27(30)32)21(14-33-26)20-12-11-17(4)13-18(20)5/h7-16,23H,6H2,1-5H3,(H,29,31). The number of benzene rings is 2. The average molecular weight is 460 g/mol. The number of hydrogen-bond acceptors (Lipinski definition) is 4. The SMILES string of the molecule is CCC(C(=O)Nc1ccccc1C(C)C)n1cnc2scc(-c3ccc(C)cc3C)c2c1=O. The van der Waals surface area contributed by atoms with E-state index in [4.69, 9.17) is 0 Å². The fourth-order valence-electron chi connectivity index (χ4n) is 4.32. The molecule has 5 nitrogen and oxygen atoms in total. The van der Waals surface area contributed by atoms with Crippen molar-refractivity contribution in [1.82, 2.24) is 9.55 Å². The van der Waals surface area contributed by atoms with Crippen LogP contribution < -0.4 is 10.9 Å². The number of carbonyl (C=O) groups is 1. The monoisotopic (exact) mass is 459 g/mol. The van der Waals surface area contributed by atoms with Crippen LogP contribution in [0.2, 0.25) is 0 Å². The Bertz CT molecular complexity index is 1380. The summed E-state index contributed by atoms with van der Waals surface area (Å²) in [6, 6.07) is 13.4. The second-order valence-corrected chi connectivity index (χ2v) is 9.62. The van der Waals surface area contributed by atoms with Crippen LogP contribution in [-0.4, -0.2) is 15.5 Å². The van der Waals surface area contributed by atoms with Crippen LogP contribution in [0.1, 0.15) is 55.8 Å². The normalized spacial score (nSPS) is 12.3. The second kappa shape index (κ2) is 9.32. The van der Waals surface area contributed by atoms with E-state index in [-0.39, 0.29) is 17.4 Å². The minimum atomic E-state index is -0.651. The predicted octanol–water partition coefficient (Wildman–Crippen LogP) is 6.46. The molecule has 2 heterocycles. The number of amides is 1. The highest BCUT2D eigenvalue weighted by Crippen LogP contribution is 2.33. The fourth-order valence-corrected chi connectivity index (χ4v) is 5.22. The van der Waals surface area contributed by atoms with E-state index in [0.717, 1.165) is 27.9 Å². The van der Waals surface area contributed by atoms with Crippen LogP contribution in [-0.2, 0) is 4.79 Å². The minimum Gasteiger partial charge on any atom is -0.324 e. The third kappa shape index (κ3) is 4.35. The van der Waals surface area contributed by atoms with Gasteiger partial charge in [-0.1, -0.05) is 62.7 Å². The highest BCUT2D eigenvalue weighted by atomic mass is 32.1. The molecular formula is C27H29N3O2S. The molecule has 0 aliphatic heterocycles. The number of aryl methyl sites for hydroxylation is 2. The molecular weight excluding hydrogens is 430 g/mol. The summed E-state index contributed by atoms with van der Waals surface area (Å²) in [7, 11) is 0. The molecule has 0 saturated carbocycles. The van der Waals surface area contributed by atoms with Crippen molar-refractivity contribution in [3.63, 3.8) is 0 Å². The minimum absolute atomic E-state index is 0.185. The molecule has 0 aliphatic rings. The molecule has 4 aromatic rings. The molecule has 170 valence electrons. The van der Waals surface area contributed by atoms with Crippen LogP contribution in [0.4, 0.5) is 5.69 Å². The summed E-state index contributed by atoms with van der Waals surface area (Å²) in [6.07, 6.45) is 1.99. The number of fused-ring (bicyclic) bond motifs is 1. The lowest BCUT2D eigenvalue weighted by Gasteiger charge is -2.20. The second-order valence-electron chi connectivity index (χ2n) is 8.76. The van der Waals surface area contributed by atoms with Crippen LogP contribution in [0.15, 0.2) is 59.0 Å². The van der Waals surface area contributed by atoms with Crippen molar-refractivity contribution >= 4 is 33.1 Å². The van der Waals surface area contributed by atoms with Crippen molar-refractivity contribution in [1.29, 1.82) is 0 Å². The maximum Gasteiger partial charge on any atom is 0.263 e. The number of thiophene rings is 1. The Kier molecular flexibility index (Phi) is 6.47. The van der Waals surface area contributed by atoms with Gasteiger partial charge in [-0.05, 0) is 48.9 Å². The third-order valence-electron chi connectivity index (χ3n) is 6.06. The molecule has 2 aromatic heterocycles. The molecule has 0 saturated heterocycles. The summed E-state index contributed by atoms with van der Waals surface area (Å²) in [6.45, 7) is 10.2. The molecule has 6 heteroatoms. The van der Waals surface area contributed by atoms with Gasteiger partial charge in [0.25, 0.3) is 5.56 Å². The predicted molar refractivity (Wildman–Crippen MR) is 137 cm³/mol. The molecule has 0 fully saturated rings. The summed E-state index contributed by atoms with van der Waals surface area (Å²) in [5, 5.41) is 5.61. The third-order valence-corrected chi connectivity index (χ3v) is 6.94. The first-order valence-corrected chi connectivity index (χ1v) is 12.2. The van der Waals surface area contributed by atoms with Crippen molar-refractivity contribution in [3.8, 4) is 11.1 Å². The number of rotatable bonds is 6. The summed E-state index contributed by atoms with van der Waals surface area (Å²) < 4.78 is 1.48. The summed E-state index contributed by atoms with van der Waals surface area (Å²) in [5.41, 5.74) is 5.85. The number of nitrogens with one attached hydrogen (secondary N) is 1. The molecule has 2 aromatic carbocycles. The molecule has 0 spiro atoms. The fraction of sp³-hybridized carbons (Fsp3) is 0.296. The Hall–Kier alpha value is -3.25. The zero-order chi connectivity index (χ0) is 23.7. The van der Waals surface area contributed by atoms with Gasteiger partial charge < -0.3 is 5.32 Å². The van der Waals surface area contributed by atoms with Crippen molar-refractivity contribution in [2.24, 2.45) is 0 Å². The van der Waals surface area contributed by atoms with Gasteiger partial charge in [0.2, 0.25) is 5.91 Å². The molecule has 0 bridgehead atoms. The number of nitrogens with zero attached hydrogens (tertiary/aromatic N) is 2. The van der Waals surface area contributed by atoms with Crippen molar-refractivity contribution < 1.29 is 4.79 Å². The Balaban J connectivity index is 1.76. The largest absolute Gasteiger partial charge is 0.324 e. The van der Waals surface area contributed by atoms with E-state index in [9.17, 15) is 9.59 Å². The highest BCUT2D eigenvalue weighted by Gasteiger charge is 2.24. The number of anilines is 1. The zero-order valence-electron chi connectivity index (χ0n) is 19.7. The van der Waals surface area contributed by atoms with Crippen LogP contribution in [0.25, 0.3) is 21.3 Å². The summed E-state index contributed by atoms with van der Waals surface area (Å²) in [5.74, 6) is 0.0607. The zero-order valence-corrected chi connectivity index (χ0v) is 20.5. The molecule has 1 amide bonds. The van der Waals surface area contributed by atoms with Gasteiger partial charge in [-0.25, -0.2) is 4.98 Å². The number of aromatic nitrogens is 2. The van der Waals surface area contributed by atoms with E-state index in [2.05, 4.69) is 56.2 Å². The smallest absolute Gasteiger partial charge is 0.263 e. The first-order chi connectivity index (χ1) is 15.8. The van der Waals surface area contributed by atoms with E-state index in [0.29, 0.717) is 16.6 Å². The van der Waals surface area contributed by atoms with Crippen LogP contribution in [0.5, 0.6) is 0 Å². The molecule has 0 aliphatic carbocycles. The van der Waals surface area contributed by atoms with Gasteiger partial charge >= 0.3 is 0 Å². The Morgan fingerprint density at radius 2 is 1.88 bits per heavy atom. The van der Waals surface area contributed by atoms with Gasteiger partial charge in [-0.3, -0.25) is 14.2 Å². The maximum absolute atomic E-state index is 13.6. The average Bonchev–Trinajstić information content (AvgIpc) is 3.20. The van der Waals surface area contributed by atoms with E-state index >= 15 is 0 Å². The van der Waals surface area contributed by atoms with Gasteiger partial charge in [-0.2, -0.15) is 0 Å². The van der Waals surface area contributed by atoms with Crippen molar-refractivity contribution in [3.05, 3.63) is 81.2 Å². The number of hydrogen-bond donors (Lipinski definition) is 1. The van der Waals surface area contributed by atoms with Gasteiger partial charge in [0.05, 0.1) is 11.7 Å². The van der Waals surface area contributed by atoms with Crippen LogP contribution in [0.3, 0.4) is 0 Å². The van der Waals surface area contributed by atoms with Gasteiger partial charge in [0.1, 0.15) is 10.9 Å². The molecule has 1 atom stereocenters. The lowest BCUT2D eigenvalue weighted by molar-refractivity contribution is -0.119. The summed E-state index contributed by atoms with van der Waals surface area (Å²) in [4.78, 5) is 32.2. The maximum atomic E-state index is 13.6. The Labute approximate surface area is 198 Å². The van der Waals surface area contributed by atoms with Crippen molar-refractivity contribution in [2.75, 3.05) is 5.32 Å². The van der Waals surface area contributed by atoms with Crippen molar-refractivity contribution in [2.45, 2.75) is 53.0 Å². The van der Waals surface area contributed by atoms with Crippen LogP contribution in [0, 0.1) is 13.8 Å². The van der Waals surface area contributed by atoms with E-state index in [1.807, 2.05) is 36.6 Å². The van der Waals surface area contributed by atoms with Gasteiger partial charge in [0.15, 0.2) is 0 Å². The lowest BCUT2D eigenvalue weighted by Crippen LogP contribution is -2.33. The molecule has 0 radical (unpaired) electrons. The molecule has 1 unspecified atom stereocenters. The van der Waals surface area contributed by atoms with E-state index < -0.39 is 6.04 Å². The summed E-state index contributed by atoms with van der Waals surface area (Å²) >= 11 is 1.46. The first kappa shape index (κ1) is 22.9. The van der Waals surface area contributed by atoms with E-state index in [1.54, 1.807) is 0 Å². The quantitative estimate of drug-likeness (QED) is 0.360. The van der Waals surface area contributed by atoms with Gasteiger partial charge in [0, 0.05) is 16.6 Å². The molecule has 4 rings (SSSR count). The Morgan fingerprint density at radius 1 is 1.12 bits per heavy atom. The first-order valence-electron chi connectivity index (χ1n) is 11.3.